The first-order chi connectivity index (χ1) is 5.59. The van der Waals surface area contributed by atoms with E-state index < -0.39 is 0 Å². The highest BCUT2D eigenvalue weighted by molar-refractivity contribution is 5.92. The van der Waals surface area contributed by atoms with Gasteiger partial charge < -0.3 is 10.7 Å². The van der Waals surface area contributed by atoms with Crippen LogP contribution in [0.5, 0.6) is 0 Å². The van der Waals surface area contributed by atoms with Crippen molar-refractivity contribution in [1.29, 1.82) is 0 Å². The van der Waals surface area contributed by atoms with Crippen LogP contribution >= 0.6 is 0 Å². The SMILES string of the molecule is CN(C)NC(=O)c1cc(N)c[nH]1. The maximum atomic E-state index is 11.2. The zero-order chi connectivity index (χ0) is 9.14. The molecule has 1 aromatic heterocycles. The lowest BCUT2D eigenvalue weighted by Crippen LogP contribution is -2.36. The lowest BCUT2D eigenvalue weighted by Gasteiger charge is -2.09. The van der Waals surface area contributed by atoms with E-state index in [0.717, 1.165) is 0 Å². The molecular formula is C7H12N4O. The third-order valence-corrected chi connectivity index (χ3v) is 1.28. The minimum absolute atomic E-state index is 0.197. The topological polar surface area (TPSA) is 74.2 Å². The molecule has 1 amide bonds. The van der Waals surface area contributed by atoms with E-state index in [4.69, 9.17) is 5.73 Å². The number of amides is 1. The second kappa shape index (κ2) is 3.27. The molecule has 0 spiro atoms. The molecule has 0 atom stereocenters. The molecule has 5 nitrogen and oxygen atoms in total. The molecule has 1 rings (SSSR count). The largest absolute Gasteiger partial charge is 0.397 e. The molecular weight excluding hydrogens is 156 g/mol. The van der Waals surface area contributed by atoms with Crippen LogP contribution in [0.2, 0.25) is 0 Å². The van der Waals surface area contributed by atoms with Crippen molar-refractivity contribution in [3.8, 4) is 0 Å². The van der Waals surface area contributed by atoms with Crippen LogP contribution in [-0.2, 0) is 0 Å². The molecule has 5 heteroatoms. The second-order valence-corrected chi connectivity index (χ2v) is 2.68. The highest BCUT2D eigenvalue weighted by Crippen LogP contribution is 2.03. The Morgan fingerprint density at radius 1 is 1.67 bits per heavy atom. The molecule has 0 saturated heterocycles. The highest BCUT2D eigenvalue weighted by Gasteiger charge is 2.06. The fourth-order valence-electron chi connectivity index (χ4n) is 0.805. The van der Waals surface area contributed by atoms with E-state index in [9.17, 15) is 4.79 Å². The van der Waals surface area contributed by atoms with Crippen molar-refractivity contribution in [2.24, 2.45) is 0 Å². The number of hydrogen-bond donors (Lipinski definition) is 3. The smallest absolute Gasteiger partial charge is 0.282 e. The van der Waals surface area contributed by atoms with Gasteiger partial charge in [-0.2, -0.15) is 0 Å². The Balaban J connectivity index is 2.65. The number of carbonyl (C=O) groups excluding carboxylic acids is 1. The van der Waals surface area contributed by atoms with Crippen LogP contribution in [-0.4, -0.2) is 30.0 Å². The first-order valence-corrected chi connectivity index (χ1v) is 3.52. The molecule has 1 aromatic rings. The number of anilines is 1. The monoisotopic (exact) mass is 168 g/mol. The van der Waals surface area contributed by atoms with E-state index in [1.165, 1.54) is 0 Å². The van der Waals surface area contributed by atoms with Crippen LogP contribution in [0.25, 0.3) is 0 Å². The summed E-state index contributed by atoms with van der Waals surface area (Å²) in [4.78, 5) is 14.0. The van der Waals surface area contributed by atoms with Gasteiger partial charge >= 0.3 is 0 Å². The van der Waals surface area contributed by atoms with Crippen molar-refractivity contribution < 1.29 is 4.79 Å². The third-order valence-electron chi connectivity index (χ3n) is 1.28. The number of hydrazine groups is 1. The van der Waals surface area contributed by atoms with Crippen molar-refractivity contribution in [2.75, 3.05) is 19.8 Å². The van der Waals surface area contributed by atoms with Gasteiger partial charge in [-0.1, -0.05) is 0 Å². The van der Waals surface area contributed by atoms with Gasteiger partial charge in [-0.05, 0) is 6.07 Å². The number of aromatic nitrogens is 1. The van der Waals surface area contributed by atoms with Crippen molar-refractivity contribution in [1.82, 2.24) is 15.4 Å². The number of carbonyl (C=O) groups is 1. The Morgan fingerprint density at radius 3 is 2.75 bits per heavy atom. The van der Waals surface area contributed by atoms with Crippen LogP contribution < -0.4 is 11.2 Å². The molecule has 0 fully saturated rings. The van der Waals surface area contributed by atoms with Crippen LogP contribution in [0.3, 0.4) is 0 Å². The third kappa shape index (κ3) is 2.00. The van der Waals surface area contributed by atoms with Crippen LogP contribution in [0, 0.1) is 0 Å². The summed E-state index contributed by atoms with van der Waals surface area (Å²) in [6, 6.07) is 1.58. The number of nitrogens with one attached hydrogen (secondary N) is 2. The molecule has 0 unspecified atom stereocenters. The quantitative estimate of drug-likeness (QED) is 0.535. The molecule has 0 aliphatic heterocycles. The maximum absolute atomic E-state index is 11.2. The van der Waals surface area contributed by atoms with Crippen LogP contribution in [0.1, 0.15) is 10.5 Å². The summed E-state index contributed by atoms with van der Waals surface area (Å²) in [5, 5.41) is 1.57. The lowest BCUT2D eigenvalue weighted by atomic mass is 10.4. The summed E-state index contributed by atoms with van der Waals surface area (Å²) >= 11 is 0. The van der Waals surface area contributed by atoms with Crippen molar-refractivity contribution in [2.45, 2.75) is 0 Å². The van der Waals surface area contributed by atoms with Gasteiger partial charge in [-0.3, -0.25) is 10.2 Å². The zero-order valence-electron chi connectivity index (χ0n) is 7.09. The van der Waals surface area contributed by atoms with Crippen molar-refractivity contribution >= 4 is 11.6 Å². The Labute approximate surface area is 70.5 Å². The summed E-state index contributed by atoms with van der Waals surface area (Å²) in [6.07, 6.45) is 1.57. The van der Waals surface area contributed by atoms with E-state index in [1.54, 1.807) is 31.4 Å². The van der Waals surface area contributed by atoms with Gasteiger partial charge in [0.05, 0.1) is 0 Å². The highest BCUT2D eigenvalue weighted by atomic mass is 16.2. The van der Waals surface area contributed by atoms with E-state index in [-0.39, 0.29) is 5.91 Å². The number of hydrogen-bond acceptors (Lipinski definition) is 3. The summed E-state index contributed by atoms with van der Waals surface area (Å²) < 4.78 is 0. The van der Waals surface area contributed by atoms with Crippen LogP contribution in [0.15, 0.2) is 12.3 Å². The molecule has 4 N–H and O–H groups in total. The van der Waals surface area contributed by atoms with E-state index in [2.05, 4.69) is 10.4 Å². The van der Waals surface area contributed by atoms with E-state index in [1.807, 2.05) is 0 Å². The van der Waals surface area contributed by atoms with E-state index in [0.29, 0.717) is 11.4 Å². The number of nitrogens with two attached hydrogens (primary N) is 1. The molecule has 0 radical (unpaired) electrons. The Kier molecular flexibility index (Phi) is 2.35. The van der Waals surface area contributed by atoms with Crippen LogP contribution in [0.4, 0.5) is 5.69 Å². The predicted molar refractivity (Wildman–Crippen MR) is 46.4 cm³/mol. The molecule has 0 bridgehead atoms. The average Bonchev–Trinajstić information content (AvgIpc) is 2.34. The molecule has 0 saturated carbocycles. The first kappa shape index (κ1) is 8.61. The molecule has 0 aliphatic carbocycles. The predicted octanol–water partition coefficient (Wildman–Crippen LogP) is -0.197. The van der Waals surface area contributed by atoms with Gasteiger partial charge in [0.2, 0.25) is 0 Å². The molecule has 1 heterocycles. The number of H-pyrrole nitrogens is 1. The molecule has 0 aliphatic rings. The second-order valence-electron chi connectivity index (χ2n) is 2.68. The van der Waals surface area contributed by atoms with Crippen molar-refractivity contribution in [3.63, 3.8) is 0 Å². The summed E-state index contributed by atoms with van der Waals surface area (Å²) in [6.45, 7) is 0. The summed E-state index contributed by atoms with van der Waals surface area (Å²) in [7, 11) is 3.48. The fraction of sp³-hybridized carbons (Fsp3) is 0.286. The van der Waals surface area contributed by atoms with Gasteiger partial charge in [0.25, 0.3) is 5.91 Å². The fourth-order valence-corrected chi connectivity index (χ4v) is 0.805. The van der Waals surface area contributed by atoms with Gasteiger partial charge in [0.15, 0.2) is 0 Å². The standard InChI is InChI=1S/C7H12N4O/c1-11(2)10-7(12)6-3-5(8)4-9-6/h3-4,9H,8H2,1-2H3,(H,10,12). The maximum Gasteiger partial charge on any atom is 0.282 e. The minimum atomic E-state index is -0.197. The zero-order valence-corrected chi connectivity index (χ0v) is 7.09. The van der Waals surface area contributed by atoms with Crippen molar-refractivity contribution in [3.05, 3.63) is 18.0 Å². The normalized spacial score (nSPS) is 10.2. The Morgan fingerprint density at radius 2 is 2.33 bits per heavy atom. The number of nitrogens with zero attached hydrogens (tertiary/aromatic N) is 1. The van der Waals surface area contributed by atoms with Gasteiger partial charge in [-0.25, -0.2) is 5.01 Å². The molecule has 12 heavy (non-hydrogen) atoms. The van der Waals surface area contributed by atoms with E-state index >= 15 is 0 Å². The van der Waals surface area contributed by atoms with Gasteiger partial charge in [0.1, 0.15) is 5.69 Å². The number of nitrogen functional groups attached to an aromatic ring is 1. The summed E-state index contributed by atoms with van der Waals surface area (Å²) in [5.41, 5.74) is 9.02. The Hall–Kier alpha value is -1.49. The van der Waals surface area contributed by atoms with Gasteiger partial charge in [0, 0.05) is 26.0 Å². The first-order valence-electron chi connectivity index (χ1n) is 3.52. The summed E-state index contributed by atoms with van der Waals surface area (Å²) in [5.74, 6) is -0.197. The lowest BCUT2D eigenvalue weighted by molar-refractivity contribution is 0.0852. The molecule has 66 valence electrons. The average molecular weight is 168 g/mol. The molecule has 0 aromatic carbocycles. The minimum Gasteiger partial charge on any atom is -0.397 e. The number of aromatic amines is 1. The van der Waals surface area contributed by atoms with Gasteiger partial charge in [-0.15, -0.1) is 0 Å². The number of rotatable bonds is 2. The Bertz CT molecular complexity index is 279.